The molecule has 3 N–H and O–H groups in total. The first-order valence-corrected chi connectivity index (χ1v) is 11.3. The van der Waals surface area contributed by atoms with Crippen molar-refractivity contribution in [2.75, 3.05) is 10.6 Å². The van der Waals surface area contributed by atoms with Gasteiger partial charge in [-0.15, -0.1) is 0 Å². The second-order valence-electron chi connectivity index (χ2n) is 8.14. The molecule has 3 aromatic heterocycles. The molecule has 0 unspecified atom stereocenters. The SMILES string of the molecule is Cc1ccc(NC(=O)C=Cc2cccnc2)cc1C(=O)Nc1cnc2nc(-c3ccccc3)[nH]c2c1. The number of hydrogen-bond donors (Lipinski definition) is 3. The topological polar surface area (TPSA) is 113 Å². The van der Waals surface area contributed by atoms with Gasteiger partial charge < -0.3 is 15.6 Å². The zero-order chi connectivity index (χ0) is 24.9. The third-order valence-corrected chi connectivity index (χ3v) is 5.50. The molecule has 0 fully saturated rings. The minimum absolute atomic E-state index is 0.307. The lowest BCUT2D eigenvalue weighted by molar-refractivity contribution is -0.111. The smallest absolute Gasteiger partial charge is 0.256 e. The highest BCUT2D eigenvalue weighted by atomic mass is 16.2. The van der Waals surface area contributed by atoms with Crippen molar-refractivity contribution in [1.29, 1.82) is 0 Å². The summed E-state index contributed by atoms with van der Waals surface area (Å²) in [4.78, 5) is 41.5. The Bertz CT molecular complexity index is 1580. The summed E-state index contributed by atoms with van der Waals surface area (Å²) in [6.45, 7) is 1.84. The summed E-state index contributed by atoms with van der Waals surface area (Å²) in [7, 11) is 0. The van der Waals surface area contributed by atoms with Crippen LogP contribution in [0.4, 0.5) is 11.4 Å². The largest absolute Gasteiger partial charge is 0.337 e. The summed E-state index contributed by atoms with van der Waals surface area (Å²) in [5, 5.41) is 5.67. The third kappa shape index (κ3) is 5.18. The third-order valence-electron chi connectivity index (χ3n) is 5.50. The van der Waals surface area contributed by atoms with Gasteiger partial charge in [-0.3, -0.25) is 14.6 Å². The number of nitrogens with one attached hydrogen (secondary N) is 3. The van der Waals surface area contributed by atoms with E-state index in [9.17, 15) is 9.59 Å². The standard InChI is InChI=1S/C28H22N6O2/c1-18-9-11-21(31-25(35)12-10-19-6-5-13-29-16-19)14-23(18)28(36)32-22-15-24-27(30-17-22)34-26(33-24)20-7-3-2-4-8-20/h2-17H,1H3,(H,31,35)(H,32,36)(H,30,33,34). The van der Waals surface area contributed by atoms with Gasteiger partial charge in [0.2, 0.25) is 5.91 Å². The fraction of sp³-hybridized carbons (Fsp3) is 0.0357. The predicted octanol–water partition coefficient (Wildman–Crippen LogP) is 5.23. The minimum atomic E-state index is -0.308. The fourth-order valence-corrected chi connectivity index (χ4v) is 3.67. The number of H-pyrrole nitrogens is 1. The monoisotopic (exact) mass is 474 g/mol. The number of pyridine rings is 2. The number of aryl methyl sites for hydroxylation is 1. The second-order valence-corrected chi connectivity index (χ2v) is 8.14. The maximum absolute atomic E-state index is 13.0. The van der Waals surface area contributed by atoms with Crippen molar-refractivity contribution in [3.63, 3.8) is 0 Å². The average Bonchev–Trinajstić information content (AvgIpc) is 3.33. The van der Waals surface area contributed by atoms with Gasteiger partial charge >= 0.3 is 0 Å². The Labute approximate surface area is 207 Å². The van der Waals surface area contributed by atoms with Crippen LogP contribution in [-0.4, -0.2) is 31.8 Å². The Kier molecular flexibility index (Phi) is 6.31. The summed E-state index contributed by atoms with van der Waals surface area (Å²) in [5.74, 6) is 0.0917. The van der Waals surface area contributed by atoms with Crippen molar-refractivity contribution in [1.82, 2.24) is 19.9 Å². The van der Waals surface area contributed by atoms with Crippen molar-refractivity contribution in [3.8, 4) is 11.4 Å². The van der Waals surface area contributed by atoms with E-state index in [2.05, 4.69) is 30.6 Å². The van der Waals surface area contributed by atoms with Gasteiger partial charge in [0.25, 0.3) is 5.91 Å². The average molecular weight is 475 g/mol. The molecule has 176 valence electrons. The first kappa shape index (κ1) is 22.7. The zero-order valence-electron chi connectivity index (χ0n) is 19.4. The van der Waals surface area contributed by atoms with Gasteiger partial charge in [0.1, 0.15) is 5.82 Å². The normalized spacial score (nSPS) is 11.0. The number of aromatic amines is 1. The molecule has 0 aliphatic rings. The van der Waals surface area contributed by atoms with Crippen molar-refractivity contribution < 1.29 is 9.59 Å². The maximum atomic E-state index is 13.0. The van der Waals surface area contributed by atoms with Crippen molar-refractivity contribution in [3.05, 3.63) is 108 Å². The molecular weight excluding hydrogens is 452 g/mol. The van der Waals surface area contributed by atoms with Crippen molar-refractivity contribution in [2.45, 2.75) is 6.92 Å². The Morgan fingerprint density at radius 1 is 0.917 bits per heavy atom. The molecule has 2 amide bonds. The fourth-order valence-electron chi connectivity index (χ4n) is 3.67. The van der Waals surface area contributed by atoms with E-state index in [1.165, 1.54) is 6.08 Å². The molecule has 0 spiro atoms. The van der Waals surface area contributed by atoms with Gasteiger partial charge in [0.05, 0.1) is 17.4 Å². The quantitative estimate of drug-likeness (QED) is 0.292. The molecule has 0 bridgehead atoms. The number of rotatable bonds is 6. The highest BCUT2D eigenvalue weighted by Gasteiger charge is 2.13. The maximum Gasteiger partial charge on any atom is 0.256 e. The number of benzene rings is 2. The van der Waals surface area contributed by atoms with Crippen LogP contribution >= 0.6 is 0 Å². The van der Waals surface area contributed by atoms with Crippen LogP contribution in [-0.2, 0) is 4.79 Å². The first-order valence-electron chi connectivity index (χ1n) is 11.3. The van der Waals surface area contributed by atoms with Crippen molar-refractivity contribution in [2.24, 2.45) is 0 Å². The first-order chi connectivity index (χ1) is 17.5. The van der Waals surface area contributed by atoms with Gasteiger partial charge in [-0.1, -0.05) is 42.5 Å². The number of carbonyl (C=O) groups is 2. The Morgan fingerprint density at radius 2 is 1.78 bits per heavy atom. The van der Waals surface area contributed by atoms with Gasteiger partial charge in [0.15, 0.2) is 5.65 Å². The number of nitrogens with zero attached hydrogens (tertiary/aromatic N) is 3. The number of hydrogen-bond acceptors (Lipinski definition) is 5. The van der Waals surface area contributed by atoms with E-state index < -0.39 is 0 Å². The molecule has 0 radical (unpaired) electrons. The van der Waals surface area contributed by atoms with E-state index in [-0.39, 0.29) is 11.8 Å². The van der Waals surface area contributed by atoms with Crippen LogP contribution in [0.25, 0.3) is 28.6 Å². The van der Waals surface area contributed by atoms with Crippen molar-refractivity contribution >= 4 is 40.4 Å². The minimum Gasteiger partial charge on any atom is -0.337 e. The van der Waals surface area contributed by atoms with E-state index in [4.69, 9.17) is 0 Å². The molecule has 8 nitrogen and oxygen atoms in total. The molecular formula is C28H22N6O2. The zero-order valence-corrected chi connectivity index (χ0v) is 19.4. The Hall–Kier alpha value is -5.11. The van der Waals surface area contributed by atoms with E-state index >= 15 is 0 Å². The molecule has 0 saturated carbocycles. The van der Waals surface area contributed by atoms with Gasteiger partial charge in [0, 0.05) is 35.3 Å². The molecule has 8 heteroatoms. The number of fused-ring (bicyclic) bond motifs is 1. The molecule has 0 aliphatic heterocycles. The van der Waals surface area contributed by atoms with Crippen LogP contribution < -0.4 is 10.6 Å². The van der Waals surface area contributed by atoms with Crippen LogP contribution in [0, 0.1) is 6.92 Å². The molecule has 5 rings (SSSR count). The Morgan fingerprint density at radius 3 is 2.58 bits per heavy atom. The lowest BCUT2D eigenvalue weighted by Gasteiger charge is -2.10. The molecule has 0 atom stereocenters. The Balaban J connectivity index is 1.30. The number of imidazole rings is 1. The summed E-state index contributed by atoms with van der Waals surface area (Å²) in [6, 6.07) is 20.4. The number of amides is 2. The van der Waals surface area contributed by atoms with E-state index in [0.29, 0.717) is 33.9 Å². The second kappa shape index (κ2) is 10.0. The predicted molar refractivity (Wildman–Crippen MR) is 140 cm³/mol. The molecule has 2 aromatic carbocycles. The summed E-state index contributed by atoms with van der Waals surface area (Å²) in [6.07, 6.45) is 8.00. The number of aromatic nitrogens is 4. The summed E-state index contributed by atoms with van der Waals surface area (Å²) >= 11 is 0. The van der Waals surface area contributed by atoms with Gasteiger partial charge in [-0.25, -0.2) is 9.97 Å². The molecule has 0 aliphatic carbocycles. The lowest BCUT2D eigenvalue weighted by Crippen LogP contribution is -2.15. The summed E-state index contributed by atoms with van der Waals surface area (Å²) < 4.78 is 0. The van der Waals surface area contributed by atoms with E-state index in [0.717, 1.165) is 16.7 Å². The number of anilines is 2. The van der Waals surface area contributed by atoms with Crippen LogP contribution in [0.3, 0.4) is 0 Å². The van der Waals surface area contributed by atoms with Gasteiger partial charge in [-0.2, -0.15) is 0 Å². The van der Waals surface area contributed by atoms with Crippen LogP contribution in [0.5, 0.6) is 0 Å². The van der Waals surface area contributed by atoms with Crippen LogP contribution in [0.1, 0.15) is 21.5 Å². The molecule has 5 aromatic rings. The number of carbonyl (C=O) groups excluding carboxylic acids is 2. The lowest BCUT2D eigenvalue weighted by atomic mass is 10.1. The summed E-state index contributed by atoms with van der Waals surface area (Å²) in [5.41, 5.74) is 5.31. The van der Waals surface area contributed by atoms with E-state index in [1.54, 1.807) is 55.0 Å². The van der Waals surface area contributed by atoms with Crippen LogP contribution in [0.15, 0.2) is 91.4 Å². The highest BCUT2D eigenvalue weighted by Crippen LogP contribution is 2.22. The molecule has 3 heterocycles. The van der Waals surface area contributed by atoms with Gasteiger partial charge in [-0.05, 0) is 48.4 Å². The molecule has 36 heavy (non-hydrogen) atoms. The van der Waals surface area contributed by atoms with E-state index in [1.807, 2.05) is 43.3 Å². The highest BCUT2D eigenvalue weighted by molar-refractivity contribution is 6.07. The molecule has 0 saturated heterocycles. The van der Waals surface area contributed by atoms with Crippen LogP contribution in [0.2, 0.25) is 0 Å².